The first-order valence-electron chi connectivity index (χ1n) is 9.52. The molecule has 0 aliphatic carbocycles. The lowest BCUT2D eigenvalue weighted by molar-refractivity contribution is -0.144. The van der Waals surface area contributed by atoms with E-state index < -0.39 is 0 Å². The van der Waals surface area contributed by atoms with Gasteiger partial charge in [-0.25, -0.2) is 0 Å². The van der Waals surface area contributed by atoms with E-state index in [-0.39, 0.29) is 18.4 Å². The number of likely N-dealkylation sites (N-methyl/N-ethyl adjacent to an activating group) is 1. The number of esters is 1. The first kappa shape index (κ1) is 21.2. The lowest BCUT2D eigenvalue weighted by Crippen LogP contribution is -2.33. The van der Waals surface area contributed by atoms with Gasteiger partial charge in [0.2, 0.25) is 0 Å². The summed E-state index contributed by atoms with van der Waals surface area (Å²) in [6.07, 6.45) is 9.69. The van der Waals surface area contributed by atoms with Crippen molar-refractivity contribution in [3.8, 4) is 0 Å². The molecule has 140 valence electrons. The Bertz CT molecular complexity index is 510. The minimum Gasteiger partial charge on any atom is -0.464 e. The van der Waals surface area contributed by atoms with Gasteiger partial charge in [-0.2, -0.15) is 0 Å². The van der Waals surface area contributed by atoms with E-state index in [9.17, 15) is 9.59 Å². The van der Waals surface area contributed by atoms with Crippen molar-refractivity contribution in [3.63, 3.8) is 0 Å². The van der Waals surface area contributed by atoms with Crippen molar-refractivity contribution in [3.05, 3.63) is 35.4 Å². The van der Waals surface area contributed by atoms with Crippen LogP contribution in [0.1, 0.15) is 74.2 Å². The number of nitrogens with zero attached hydrogens (tertiary/aromatic N) is 1. The maximum absolute atomic E-state index is 12.2. The molecule has 0 fully saturated rings. The largest absolute Gasteiger partial charge is 0.464 e. The molecule has 25 heavy (non-hydrogen) atoms. The normalized spacial score (nSPS) is 10.5. The molecule has 0 radical (unpaired) electrons. The van der Waals surface area contributed by atoms with Crippen LogP contribution in [0.15, 0.2) is 24.3 Å². The van der Waals surface area contributed by atoms with Crippen molar-refractivity contribution in [1.82, 2.24) is 4.90 Å². The number of benzene rings is 1. The highest BCUT2D eigenvalue weighted by molar-refractivity contribution is 5.95. The first-order chi connectivity index (χ1) is 12.0. The van der Waals surface area contributed by atoms with Crippen molar-refractivity contribution >= 4 is 11.9 Å². The molecule has 0 saturated carbocycles. The molecule has 1 aromatic carbocycles. The molecule has 0 N–H and O–H groups in total. The maximum atomic E-state index is 12.2. The van der Waals surface area contributed by atoms with Crippen LogP contribution in [0.4, 0.5) is 0 Å². The Balaban J connectivity index is 2.13. The third-order valence-electron chi connectivity index (χ3n) is 4.27. The molecule has 0 spiro atoms. The van der Waals surface area contributed by atoms with E-state index in [1.807, 2.05) is 19.1 Å². The van der Waals surface area contributed by atoms with E-state index >= 15 is 0 Å². The number of hydrogen-bond donors (Lipinski definition) is 0. The van der Waals surface area contributed by atoms with Crippen LogP contribution in [-0.4, -0.2) is 37.0 Å². The second kappa shape index (κ2) is 12.5. The summed E-state index contributed by atoms with van der Waals surface area (Å²) in [6.45, 7) is 4.63. The lowest BCUT2D eigenvalue weighted by Gasteiger charge is -2.16. The van der Waals surface area contributed by atoms with Gasteiger partial charge in [0.1, 0.15) is 6.54 Å². The quantitative estimate of drug-likeness (QED) is 0.405. The van der Waals surface area contributed by atoms with Crippen LogP contribution >= 0.6 is 0 Å². The molecule has 1 aromatic rings. The van der Waals surface area contributed by atoms with Crippen molar-refractivity contribution in [1.29, 1.82) is 0 Å². The zero-order valence-electron chi connectivity index (χ0n) is 16.1. The second-order valence-corrected chi connectivity index (χ2v) is 6.72. The highest BCUT2D eigenvalue weighted by Gasteiger charge is 2.15. The van der Waals surface area contributed by atoms with Gasteiger partial charge in [0, 0.05) is 12.6 Å². The number of carbonyl (C=O) groups is 2. The Morgan fingerprint density at radius 2 is 1.48 bits per heavy atom. The van der Waals surface area contributed by atoms with E-state index in [2.05, 4.69) is 6.92 Å². The van der Waals surface area contributed by atoms with Gasteiger partial charge in [0.15, 0.2) is 0 Å². The molecule has 0 unspecified atom stereocenters. The van der Waals surface area contributed by atoms with E-state index in [1.54, 1.807) is 19.2 Å². The Labute approximate surface area is 152 Å². The standard InChI is InChI=1S/C21H33NO3/c1-4-5-6-7-8-9-10-11-16-25-20(23)17-22(3)21(24)19-14-12-18(2)13-15-19/h12-15H,4-11,16-17H2,1-3H3. The smallest absolute Gasteiger partial charge is 0.325 e. The lowest BCUT2D eigenvalue weighted by atomic mass is 10.1. The number of carbonyl (C=O) groups excluding carboxylic acids is 2. The third-order valence-corrected chi connectivity index (χ3v) is 4.27. The molecule has 0 heterocycles. The summed E-state index contributed by atoms with van der Waals surface area (Å²) in [5.74, 6) is -0.505. The zero-order chi connectivity index (χ0) is 18.5. The fourth-order valence-corrected chi connectivity index (χ4v) is 2.65. The van der Waals surface area contributed by atoms with Gasteiger partial charge in [-0.15, -0.1) is 0 Å². The van der Waals surface area contributed by atoms with Crippen molar-refractivity contribution < 1.29 is 14.3 Å². The third kappa shape index (κ3) is 9.28. The number of hydrogen-bond acceptors (Lipinski definition) is 3. The van der Waals surface area contributed by atoms with Crippen molar-refractivity contribution in [2.45, 2.75) is 65.2 Å². The Morgan fingerprint density at radius 1 is 0.920 bits per heavy atom. The summed E-state index contributed by atoms with van der Waals surface area (Å²) in [4.78, 5) is 25.5. The molecule has 0 saturated heterocycles. The SMILES string of the molecule is CCCCCCCCCCOC(=O)CN(C)C(=O)c1ccc(C)cc1. The Morgan fingerprint density at radius 3 is 2.08 bits per heavy atom. The summed E-state index contributed by atoms with van der Waals surface area (Å²) in [5.41, 5.74) is 1.69. The van der Waals surface area contributed by atoms with Crippen LogP contribution in [0.25, 0.3) is 0 Å². The van der Waals surface area contributed by atoms with Crippen LogP contribution in [-0.2, 0) is 9.53 Å². The molecule has 1 amide bonds. The molecule has 0 aliphatic heterocycles. The van der Waals surface area contributed by atoms with Crippen LogP contribution in [0.2, 0.25) is 0 Å². The summed E-state index contributed by atoms with van der Waals surface area (Å²) >= 11 is 0. The van der Waals surface area contributed by atoms with Gasteiger partial charge in [-0.3, -0.25) is 9.59 Å². The number of amides is 1. The van der Waals surface area contributed by atoms with Gasteiger partial charge >= 0.3 is 5.97 Å². The van der Waals surface area contributed by atoms with Crippen LogP contribution in [0, 0.1) is 6.92 Å². The van der Waals surface area contributed by atoms with Crippen LogP contribution in [0.5, 0.6) is 0 Å². The fourth-order valence-electron chi connectivity index (χ4n) is 2.65. The highest BCUT2D eigenvalue weighted by Crippen LogP contribution is 2.09. The van der Waals surface area contributed by atoms with E-state index in [0.29, 0.717) is 12.2 Å². The first-order valence-corrected chi connectivity index (χ1v) is 9.52. The molecule has 0 atom stereocenters. The molecule has 0 aliphatic rings. The summed E-state index contributed by atoms with van der Waals surface area (Å²) in [5, 5.41) is 0. The van der Waals surface area contributed by atoms with Gasteiger partial charge in [-0.05, 0) is 25.5 Å². The minimum absolute atomic E-state index is 0.0102. The van der Waals surface area contributed by atoms with E-state index in [4.69, 9.17) is 4.74 Å². The molecule has 0 bridgehead atoms. The zero-order valence-corrected chi connectivity index (χ0v) is 16.1. The molecular weight excluding hydrogens is 314 g/mol. The number of aryl methyl sites for hydroxylation is 1. The average Bonchev–Trinajstić information content (AvgIpc) is 2.60. The number of rotatable bonds is 12. The summed E-state index contributed by atoms with van der Waals surface area (Å²) in [6, 6.07) is 7.34. The summed E-state index contributed by atoms with van der Waals surface area (Å²) in [7, 11) is 1.62. The van der Waals surface area contributed by atoms with Gasteiger partial charge in [0.05, 0.1) is 6.61 Å². The van der Waals surface area contributed by atoms with Crippen LogP contribution < -0.4 is 0 Å². The van der Waals surface area contributed by atoms with Crippen molar-refractivity contribution in [2.75, 3.05) is 20.2 Å². The second-order valence-electron chi connectivity index (χ2n) is 6.72. The van der Waals surface area contributed by atoms with Gasteiger partial charge in [-0.1, -0.05) is 69.6 Å². The van der Waals surface area contributed by atoms with Gasteiger partial charge < -0.3 is 9.64 Å². The molecule has 4 nitrogen and oxygen atoms in total. The fraction of sp³-hybridized carbons (Fsp3) is 0.619. The number of unbranched alkanes of at least 4 members (excludes halogenated alkanes) is 7. The molecule has 0 aromatic heterocycles. The summed E-state index contributed by atoms with van der Waals surface area (Å²) < 4.78 is 5.23. The topological polar surface area (TPSA) is 46.6 Å². The van der Waals surface area contributed by atoms with Gasteiger partial charge in [0.25, 0.3) is 5.91 Å². The van der Waals surface area contributed by atoms with Crippen LogP contribution in [0.3, 0.4) is 0 Å². The Hall–Kier alpha value is -1.84. The molecule has 4 heteroatoms. The minimum atomic E-state index is -0.342. The molecular formula is C21H33NO3. The predicted octanol–water partition coefficient (Wildman–Crippen LogP) is 4.75. The average molecular weight is 347 g/mol. The molecule has 1 rings (SSSR count). The van der Waals surface area contributed by atoms with Crippen molar-refractivity contribution in [2.24, 2.45) is 0 Å². The number of ether oxygens (including phenoxy) is 1. The predicted molar refractivity (Wildman–Crippen MR) is 102 cm³/mol. The van der Waals surface area contributed by atoms with E-state index in [1.165, 1.54) is 43.4 Å². The van der Waals surface area contributed by atoms with E-state index in [0.717, 1.165) is 18.4 Å². The Kier molecular flexibility index (Phi) is 10.6. The monoisotopic (exact) mass is 347 g/mol. The maximum Gasteiger partial charge on any atom is 0.325 e. The highest BCUT2D eigenvalue weighted by atomic mass is 16.5.